The fourth-order valence-electron chi connectivity index (χ4n) is 4.36. The molecule has 3 aromatic heterocycles. The number of benzene rings is 1. The molecule has 182 valence electrons. The Balaban J connectivity index is 1.25. The van der Waals surface area contributed by atoms with E-state index in [0.717, 1.165) is 53.0 Å². The Kier molecular flexibility index (Phi) is 7.27. The second-order valence-corrected chi connectivity index (χ2v) is 9.83. The van der Waals surface area contributed by atoms with Crippen LogP contribution in [0.15, 0.2) is 54.3 Å². The summed E-state index contributed by atoms with van der Waals surface area (Å²) in [6.45, 7) is 5.88. The Morgan fingerprint density at radius 1 is 1.11 bits per heavy atom. The first kappa shape index (κ1) is 23.3. The highest BCUT2D eigenvalue weighted by atomic mass is 32.2. The number of hydrogen-bond acceptors (Lipinski definition) is 7. The third kappa shape index (κ3) is 5.48. The van der Waals surface area contributed by atoms with E-state index in [0.29, 0.717) is 18.7 Å². The van der Waals surface area contributed by atoms with E-state index in [1.54, 1.807) is 24.3 Å². The Morgan fingerprint density at radius 3 is 2.69 bits per heavy atom. The number of amides is 1. The highest BCUT2D eigenvalue weighted by molar-refractivity contribution is 7.99. The molecule has 0 radical (unpaired) electrons. The standard InChI is InChI=1S/C25H30N8OS/c1-2-35-25-29-22(32-12-4-3-5-13-32)21-16-28-33(23(21)30-25)15-11-27-24(34)20-8-6-19(7-9-20)17-31-14-10-26-18-31/h6-10,14,16,18H,2-5,11-13,15,17H2,1H3,(H,27,34). The molecule has 0 unspecified atom stereocenters. The van der Waals surface area contributed by atoms with Crippen molar-refractivity contribution in [2.75, 3.05) is 30.3 Å². The van der Waals surface area contributed by atoms with E-state index in [4.69, 9.17) is 9.97 Å². The molecular weight excluding hydrogens is 460 g/mol. The maximum atomic E-state index is 12.7. The summed E-state index contributed by atoms with van der Waals surface area (Å²) >= 11 is 1.64. The summed E-state index contributed by atoms with van der Waals surface area (Å²) in [6.07, 6.45) is 11.0. The third-order valence-corrected chi connectivity index (χ3v) is 6.86. The van der Waals surface area contributed by atoms with Gasteiger partial charge in [-0.2, -0.15) is 5.10 Å². The summed E-state index contributed by atoms with van der Waals surface area (Å²) in [7, 11) is 0. The van der Waals surface area contributed by atoms with Crippen LogP contribution in [0, 0.1) is 0 Å². The average Bonchev–Trinajstić information content (AvgIpc) is 3.55. The molecule has 0 bridgehead atoms. The van der Waals surface area contributed by atoms with Gasteiger partial charge < -0.3 is 14.8 Å². The first-order valence-corrected chi connectivity index (χ1v) is 13.1. The molecule has 1 aromatic carbocycles. The normalized spacial score (nSPS) is 13.9. The van der Waals surface area contributed by atoms with E-state index in [1.165, 1.54) is 19.3 Å². The van der Waals surface area contributed by atoms with Gasteiger partial charge in [0.05, 0.1) is 24.5 Å². The van der Waals surface area contributed by atoms with E-state index in [9.17, 15) is 4.79 Å². The molecule has 1 aliphatic rings. The zero-order valence-corrected chi connectivity index (χ0v) is 20.7. The van der Waals surface area contributed by atoms with Crippen LogP contribution in [-0.4, -0.2) is 60.6 Å². The van der Waals surface area contributed by atoms with Crippen LogP contribution in [0.2, 0.25) is 0 Å². The number of nitrogens with zero attached hydrogens (tertiary/aromatic N) is 7. The molecule has 0 saturated carbocycles. The third-order valence-electron chi connectivity index (χ3n) is 6.13. The number of rotatable bonds is 9. The summed E-state index contributed by atoms with van der Waals surface area (Å²) in [5.41, 5.74) is 2.59. The lowest BCUT2D eigenvalue weighted by Crippen LogP contribution is -2.30. The highest BCUT2D eigenvalue weighted by Gasteiger charge is 2.20. The van der Waals surface area contributed by atoms with Crippen molar-refractivity contribution in [3.63, 3.8) is 0 Å². The van der Waals surface area contributed by atoms with E-state index < -0.39 is 0 Å². The molecule has 1 saturated heterocycles. The van der Waals surface area contributed by atoms with Gasteiger partial charge in [-0.3, -0.25) is 4.79 Å². The van der Waals surface area contributed by atoms with Gasteiger partial charge in [0.15, 0.2) is 10.8 Å². The zero-order chi connectivity index (χ0) is 24.0. The predicted molar refractivity (Wildman–Crippen MR) is 138 cm³/mol. The van der Waals surface area contributed by atoms with Gasteiger partial charge in [-0.15, -0.1) is 0 Å². The Bertz CT molecular complexity index is 1260. The average molecular weight is 491 g/mol. The smallest absolute Gasteiger partial charge is 0.251 e. The summed E-state index contributed by atoms with van der Waals surface area (Å²) in [5, 5.41) is 9.36. The first-order valence-electron chi connectivity index (χ1n) is 12.2. The van der Waals surface area contributed by atoms with Crippen LogP contribution in [0.5, 0.6) is 0 Å². The number of carbonyl (C=O) groups excluding carboxylic acids is 1. The van der Waals surface area contributed by atoms with Crippen LogP contribution in [-0.2, 0) is 13.1 Å². The molecule has 1 amide bonds. The molecular formula is C25H30N8OS. The van der Waals surface area contributed by atoms with Gasteiger partial charge in [-0.05, 0) is 42.7 Å². The quantitative estimate of drug-likeness (QED) is 0.283. The summed E-state index contributed by atoms with van der Waals surface area (Å²) in [4.78, 5) is 28.7. The number of thioether (sulfide) groups is 1. The molecule has 10 heteroatoms. The minimum absolute atomic E-state index is 0.0958. The molecule has 4 heterocycles. The Morgan fingerprint density at radius 2 is 1.94 bits per heavy atom. The molecule has 0 aliphatic carbocycles. The van der Waals surface area contributed by atoms with Crippen molar-refractivity contribution < 1.29 is 4.79 Å². The number of fused-ring (bicyclic) bond motifs is 1. The van der Waals surface area contributed by atoms with Crippen LogP contribution >= 0.6 is 11.8 Å². The number of imidazole rings is 1. The SMILES string of the molecule is CCSc1nc(N2CCCCC2)c2cnn(CCNC(=O)c3ccc(Cn4ccnc4)cc3)c2n1. The van der Waals surface area contributed by atoms with Crippen molar-refractivity contribution in [1.29, 1.82) is 0 Å². The van der Waals surface area contributed by atoms with Crippen LogP contribution in [0.4, 0.5) is 5.82 Å². The second-order valence-electron chi connectivity index (χ2n) is 8.60. The van der Waals surface area contributed by atoms with E-state index in [2.05, 4.69) is 27.2 Å². The predicted octanol–water partition coefficient (Wildman–Crippen LogP) is 3.60. The van der Waals surface area contributed by atoms with Gasteiger partial charge in [-0.25, -0.2) is 19.6 Å². The molecule has 1 fully saturated rings. The topological polar surface area (TPSA) is 93.8 Å². The molecule has 35 heavy (non-hydrogen) atoms. The maximum Gasteiger partial charge on any atom is 0.251 e. The summed E-state index contributed by atoms with van der Waals surface area (Å²) < 4.78 is 3.87. The Hall–Kier alpha value is -3.40. The molecule has 9 nitrogen and oxygen atoms in total. The lowest BCUT2D eigenvalue weighted by Gasteiger charge is -2.28. The number of nitrogens with one attached hydrogen (secondary N) is 1. The molecule has 0 spiro atoms. The highest BCUT2D eigenvalue weighted by Crippen LogP contribution is 2.29. The van der Waals surface area contributed by atoms with Gasteiger partial charge in [0, 0.05) is 44.1 Å². The second kappa shape index (κ2) is 10.9. The van der Waals surface area contributed by atoms with Gasteiger partial charge >= 0.3 is 0 Å². The van der Waals surface area contributed by atoms with Crippen LogP contribution in [0.25, 0.3) is 11.0 Å². The van der Waals surface area contributed by atoms with Gasteiger partial charge in [0.1, 0.15) is 5.82 Å². The fraction of sp³-hybridized carbons (Fsp3) is 0.400. The minimum Gasteiger partial charge on any atom is -0.356 e. The number of hydrogen-bond donors (Lipinski definition) is 1. The largest absolute Gasteiger partial charge is 0.356 e. The number of aromatic nitrogens is 6. The fourth-order valence-corrected chi connectivity index (χ4v) is 4.92. The molecule has 1 aliphatic heterocycles. The van der Waals surface area contributed by atoms with Crippen molar-refractivity contribution in [3.05, 3.63) is 60.3 Å². The van der Waals surface area contributed by atoms with Crippen LogP contribution in [0.3, 0.4) is 0 Å². The van der Waals surface area contributed by atoms with Crippen LogP contribution in [0.1, 0.15) is 42.1 Å². The van der Waals surface area contributed by atoms with Crippen molar-refractivity contribution >= 4 is 34.5 Å². The van der Waals surface area contributed by atoms with E-state index >= 15 is 0 Å². The van der Waals surface area contributed by atoms with Crippen molar-refractivity contribution in [2.45, 2.75) is 44.4 Å². The van der Waals surface area contributed by atoms with Gasteiger partial charge in [-0.1, -0.05) is 30.8 Å². The molecule has 5 rings (SSSR count). The molecule has 0 atom stereocenters. The van der Waals surface area contributed by atoms with Crippen molar-refractivity contribution in [2.24, 2.45) is 0 Å². The maximum absolute atomic E-state index is 12.7. The number of carbonyl (C=O) groups is 1. The number of piperidine rings is 1. The van der Waals surface area contributed by atoms with E-state index in [-0.39, 0.29) is 5.91 Å². The van der Waals surface area contributed by atoms with E-state index in [1.807, 2.05) is 45.9 Å². The monoisotopic (exact) mass is 490 g/mol. The Labute approximate surface area is 209 Å². The van der Waals surface area contributed by atoms with Gasteiger partial charge in [0.25, 0.3) is 5.91 Å². The number of anilines is 1. The lowest BCUT2D eigenvalue weighted by molar-refractivity contribution is 0.0952. The van der Waals surface area contributed by atoms with Crippen molar-refractivity contribution in [3.8, 4) is 0 Å². The zero-order valence-electron chi connectivity index (χ0n) is 19.9. The van der Waals surface area contributed by atoms with Crippen molar-refractivity contribution in [1.82, 2.24) is 34.6 Å². The summed E-state index contributed by atoms with van der Waals surface area (Å²) in [5.74, 6) is 1.80. The molecule has 4 aromatic rings. The lowest BCUT2D eigenvalue weighted by atomic mass is 10.1. The first-order chi connectivity index (χ1) is 17.2. The molecule has 1 N–H and O–H groups in total. The van der Waals surface area contributed by atoms with Gasteiger partial charge in [0.2, 0.25) is 0 Å². The minimum atomic E-state index is -0.0958. The van der Waals surface area contributed by atoms with Crippen LogP contribution < -0.4 is 10.2 Å². The summed E-state index contributed by atoms with van der Waals surface area (Å²) in [6, 6.07) is 7.67.